The first kappa shape index (κ1) is 12.0. The van der Waals surface area contributed by atoms with Gasteiger partial charge >= 0.3 is 0 Å². The second-order valence-electron chi connectivity index (χ2n) is 4.64. The molecule has 0 aliphatic carbocycles. The average Bonchev–Trinajstić information content (AvgIpc) is 2.90. The summed E-state index contributed by atoms with van der Waals surface area (Å²) in [7, 11) is 1.63. The number of aromatic nitrogens is 1. The summed E-state index contributed by atoms with van der Waals surface area (Å²) < 4.78 is 10.9. The zero-order valence-electron chi connectivity index (χ0n) is 10.7. The Morgan fingerprint density at radius 1 is 1.37 bits per heavy atom. The number of fused-ring (bicyclic) bond motifs is 1. The van der Waals surface area contributed by atoms with E-state index in [1.165, 1.54) is 0 Å². The van der Waals surface area contributed by atoms with Gasteiger partial charge in [0.2, 0.25) is 0 Å². The van der Waals surface area contributed by atoms with Gasteiger partial charge in [0.1, 0.15) is 11.5 Å². The minimum Gasteiger partial charge on any atom is -0.495 e. The molecule has 4 heteroatoms. The first-order chi connectivity index (χ1) is 9.29. The highest BCUT2D eigenvalue weighted by atomic mass is 16.5. The summed E-state index contributed by atoms with van der Waals surface area (Å²) >= 11 is 0. The van der Waals surface area contributed by atoms with Crippen LogP contribution in [0.4, 0.5) is 0 Å². The van der Waals surface area contributed by atoms with E-state index in [4.69, 9.17) is 15.2 Å². The Kier molecular flexibility index (Phi) is 3.09. The van der Waals surface area contributed by atoms with Crippen molar-refractivity contribution in [3.05, 3.63) is 53.9 Å². The third-order valence-electron chi connectivity index (χ3n) is 3.53. The normalized spacial score (nSPS) is 18.5. The van der Waals surface area contributed by atoms with E-state index in [1.54, 1.807) is 19.5 Å². The maximum atomic E-state index is 6.36. The van der Waals surface area contributed by atoms with Gasteiger partial charge in [-0.1, -0.05) is 18.2 Å². The van der Waals surface area contributed by atoms with Crippen LogP contribution in [-0.4, -0.2) is 18.7 Å². The summed E-state index contributed by atoms with van der Waals surface area (Å²) in [6.07, 6.45) is 3.46. The van der Waals surface area contributed by atoms with Crippen molar-refractivity contribution < 1.29 is 9.47 Å². The number of rotatable bonds is 3. The molecule has 19 heavy (non-hydrogen) atoms. The van der Waals surface area contributed by atoms with Crippen molar-refractivity contribution in [2.45, 2.75) is 12.0 Å². The third-order valence-corrected chi connectivity index (χ3v) is 3.53. The number of hydrogen-bond acceptors (Lipinski definition) is 4. The van der Waals surface area contributed by atoms with Crippen LogP contribution in [0.2, 0.25) is 0 Å². The minimum atomic E-state index is -0.147. The van der Waals surface area contributed by atoms with Crippen LogP contribution >= 0.6 is 0 Å². The van der Waals surface area contributed by atoms with Gasteiger partial charge in [-0.3, -0.25) is 4.98 Å². The Morgan fingerprint density at radius 2 is 2.21 bits per heavy atom. The van der Waals surface area contributed by atoms with Crippen LogP contribution in [0, 0.1) is 0 Å². The van der Waals surface area contributed by atoms with Crippen LogP contribution in [0.25, 0.3) is 0 Å². The Labute approximate surface area is 112 Å². The van der Waals surface area contributed by atoms with E-state index in [0.29, 0.717) is 6.61 Å². The van der Waals surface area contributed by atoms with E-state index in [2.05, 4.69) is 11.1 Å². The Bertz CT molecular complexity index is 586. The van der Waals surface area contributed by atoms with E-state index in [9.17, 15) is 0 Å². The molecule has 2 atom stereocenters. The van der Waals surface area contributed by atoms with Crippen LogP contribution in [-0.2, 0) is 0 Å². The second kappa shape index (κ2) is 4.90. The topological polar surface area (TPSA) is 57.4 Å². The lowest BCUT2D eigenvalue weighted by atomic mass is 9.90. The summed E-state index contributed by atoms with van der Waals surface area (Å²) in [6.45, 7) is 0.609. The van der Waals surface area contributed by atoms with E-state index in [1.807, 2.05) is 24.3 Å². The fraction of sp³-hybridized carbons (Fsp3) is 0.267. The molecular formula is C15H16N2O2. The van der Waals surface area contributed by atoms with Gasteiger partial charge in [0.25, 0.3) is 0 Å². The zero-order chi connectivity index (χ0) is 13.2. The molecule has 0 spiro atoms. The summed E-state index contributed by atoms with van der Waals surface area (Å²) in [4.78, 5) is 4.16. The number of para-hydroxylation sites is 1. The number of methoxy groups -OCH3 is 1. The Balaban J connectivity index is 1.90. The molecule has 0 radical (unpaired) electrons. The number of ether oxygens (including phenoxy) is 2. The number of benzene rings is 1. The quantitative estimate of drug-likeness (QED) is 0.915. The fourth-order valence-corrected chi connectivity index (χ4v) is 2.45. The molecule has 0 amide bonds. The van der Waals surface area contributed by atoms with Crippen molar-refractivity contribution in [2.75, 3.05) is 13.7 Å². The van der Waals surface area contributed by atoms with E-state index in [-0.39, 0.29) is 12.0 Å². The first-order valence-electron chi connectivity index (χ1n) is 6.26. The van der Waals surface area contributed by atoms with Gasteiger partial charge in [-0.25, -0.2) is 0 Å². The molecule has 2 heterocycles. The molecule has 1 aromatic heterocycles. The van der Waals surface area contributed by atoms with E-state index < -0.39 is 0 Å². The van der Waals surface area contributed by atoms with Gasteiger partial charge in [0.15, 0.2) is 0 Å². The van der Waals surface area contributed by atoms with Gasteiger partial charge in [-0.15, -0.1) is 0 Å². The van der Waals surface area contributed by atoms with Crippen molar-refractivity contribution >= 4 is 0 Å². The molecule has 1 aliphatic rings. The average molecular weight is 256 g/mol. The lowest BCUT2D eigenvalue weighted by Gasteiger charge is -2.18. The highest BCUT2D eigenvalue weighted by Crippen LogP contribution is 2.40. The van der Waals surface area contributed by atoms with Crippen molar-refractivity contribution in [2.24, 2.45) is 5.73 Å². The smallest absolute Gasteiger partial charge is 0.137 e. The molecule has 2 aromatic rings. The van der Waals surface area contributed by atoms with Crippen molar-refractivity contribution in [3.63, 3.8) is 0 Å². The predicted molar refractivity (Wildman–Crippen MR) is 72.4 cm³/mol. The van der Waals surface area contributed by atoms with Crippen LogP contribution in [0.1, 0.15) is 23.1 Å². The van der Waals surface area contributed by atoms with E-state index in [0.717, 1.165) is 22.6 Å². The molecular weight excluding hydrogens is 240 g/mol. The summed E-state index contributed by atoms with van der Waals surface area (Å²) in [5.41, 5.74) is 8.49. The predicted octanol–water partition coefficient (Wildman–Crippen LogP) is 2.27. The number of nitrogens with two attached hydrogens (primary N) is 1. The number of pyridine rings is 1. The molecule has 4 nitrogen and oxygen atoms in total. The molecule has 98 valence electrons. The molecule has 0 saturated heterocycles. The monoisotopic (exact) mass is 256 g/mol. The maximum absolute atomic E-state index is 6.36. The highest BCUT2D eigenvalue weighted by Gasteiger charge is 2.30. The molecule has 0 saturated carbocycles. The number of hydrogen-bond donors (Lipinski definition) is 1. The third kappa shape index (κ3) is 2.15. The SMILES string of the molecule is COc1cncc(C(N)C2COc3ccccc32)c1. The fourth-order valence-electron chi connectivity index (χ4n) is 2.45. The largest absolute Gasteiger partial charge is 0.495 e. The molecule has 0 fully saturated rings. The van der Waals surface area contributed by atoms with Crippen molar-refractivity contribution in [1.29, 1.82) is 0 Å². The van der Waals surface area contributed by atoms with Crippen molar-refractivity contribution in [3.8, 4) is 11.5 Å². The van der Waals surface area contributed by atoms with Gasteiger partial charge in [-0.05, 0) is 17.7 Å². The van der Waals surface area contributed by atoms with Gasteiger partial charge < -0.3 is 15.2 Å². The standard InChI is InChI=1S/C15H16N2O2/c1-18-11-6-10(7-17-8-11)15(16)13-9-19-14-5-3-2-4-12(13)14/h2-8,13,15H,9,16H2,1H3. The molecule has 3 rings (SSSR count). The summed E-state index contributed by atoms with van der Waals surface area (Å²) in [5, 5.41) is 0. The first-order valence-corrected chi connectivity index (χ1v) is 6.26. The Morgan fingerprint density at radius 3 is 3.05 bits per heavy atom. The van der Waals surface area contributed by atoms with Gasteiger partial charge in [0, 0.05) is 23.7 Å². The lowest BCUT2D eigenvalue weighted by molar-refractivity contribution is 0.314. The van der Waals surface area contributed by atoms with Crippen LogP contribution < -0.4 is 15.2 Å². The molecule has 1 aromatic carbocycles. The van der Waals surface area contributed by atoms with Crippen LogP contribution in [0.5, 0.6) is 11.5 Å². The maximum Gasteiger partial charge on any atom is 0.137 e. The van der Waals surface area contributed by atoms with Crippen LogP contribution in [0.3, 0.4) is 0 Å². The van der Waals surface area contributed by atoms with E-state index >= 15 is 0 Å². The van der Waals surface area contributed by atoms with Crippen molar-refractivity contribution in [1.82, 2.24) is 4.98 Å². The summed E-state index contributed by atoms with van der Waals surface area (Å²) in [5.74, 6) is 1.81. The zero-order valence-corrected chi connectivity index (χ0v) is 10.7. The van der Waals surface area contributed by atoms with Crippen LogP contribution in [0.15, 0.2) is 42.7 Å². The molecule has 0 bridgehead atoms. The molecule has 2 N–H and O–H groups in total. The minimum absolute atomic E-state index is 0.147. The summed E-state index contributed by atoms with van der Waals surface area (Å²) in [6, 6.07) is 9.81. The highest BCUT2D eigenvalue weighted by molar-refractivity contribution is 5.42. The lowest BCUT2D eigenvalue weighted by Crippen LogP contribution is -2.21. The molecule has 1 aliphatic heterocycles. The Hall–Kier alpha value is -2.07. The second-order valence-corrected chi connectivity index (χ2v) is 4.64. The van der Waals surface area contributed by atoms with Gasteiger partial charge in [-0.2, -0.15) is 0 Å². The molecule has 2 unspecified atom stereocenters. The number of nitrogens with zero attached hydrogens (tertiary/aromatic N) is 1. The van der Waals surface area contributed by atoms with Gasteiger partial charge in [0.05, 0.1) is 19.9 Å².